The molecule has 0 aromatic heterocycles. The van der Waals surface area contributed by atoms with Gasteiger partial charge in [-0.3, -0.25) is 0 Å². The Hall–Kier alpha value is 1.62. The molecule has 0 unspecified atom stereocenters. The summed E-state index contributed by atoms with van der Waals surface area (Å²) in [6.07, 6.45) is 0. The van der Waals surface area contributed by atoms with Crippen LogP contribution in [0.1, 0.15) is 0 Å². The van der Waals surface area contributed by atoms with E-state index in [1.54, 1.807) is 0 Å². The molecule has 10 heavy (non-hydrogen) atoms. The van der Waals surface area contributed by atoms with E-state index >= 15 is 0 Å². The Balaban J connectivity index is 0. The molecule has 0 amide bonds. The Morgan fingerprint density at radius 1 is 0.900 bits per heavy atom. The van der Waals surface area contributed by atoms with Gasteiger partial charge in [-0.05, 0) is 0 Å². The minimum Gasteiger partial charge on any atom is -0.790 e. The second kappa shape index (κ2) is 4.60. The molecule has 0 fully saturated rings. The van der Waals surface area contributed by atoms with Crippen LogP contribution in [0.25, 0.3) is 0 Å². The molecule has 0 bridgehead atoms. The third-order valence-electron chi connectivity index (χ3n) is 0.200. The fourth-order valence-corrected chi connectivity index (χ4v) is 1.10. The normalized spacial score (nSPS) is 12.4. The summed E-state index contributed by atoms with van der Waals surface area (Å²) >= 11 is 0. The van der Waals surface area contributed by atoms with Crippen LogP contribution in [0.15, 0.2) is 0 Å². The van der Waals surface area contributed by atoms with Crippen LogP contribution in [0.3, 0.4) is 0 Å². The zero-order chi connectivity index (χ0) is 7.71. The zero-order valence-corrected chi connectivity index (χ0v) is 9.82. The third-order valence-corrected chi connectivity index (χ3v) is 1.80. The standard InChI is InChI=1S/H4O7P2.Pr/c1-8(2,3)7-9(4,5)6;/h(H2,1,2,3)(H2,4,5,6);/q;+4/p-4. The van der Waals surface area contributed by atoms with Gasteiger partial charge in [0, 0.05) is 0 Å². The molecule has 0 saturated heterocycles. The third kappa shape index (κ3) is 12.3. The van der Waals surface area contributed by atoms with Crippen molar-refractivity contribution in [3.63, 3.8) is 0 Å². The van der Waals surface area contributed by atoms with Gasteiger partial charge in [-0.2, -0.15) is 0 Å². The molecule has 0 rings (SSSR count). The molecule has 7 nitrogen and oxygen atoms in total. The molecule has 0 atom stereocenters. The van der Waals surface area contributed by atoms with Crippen LogP contribution in [0.4, 0.5) is 0 Å². The van der Waals surface area contributed by atoms with Crippen molar-refractivity contribution in [2.45, 2.75) is 0 Å². The summed E-state index contributed by atoms with van der Waals surface area (Å²) in [7, 11) is -11.4. The summed E-state index contributed by atoms with van der Waals surface area (Å²) in [4.78, 5) is 37.3. The van der Waals surface area contributed by atoms with Crippen molar-refractivity contribution in [3.8, 4) is 0 Å². The van der Waals surface area contributed by atoms with Crippen molar-refractivity contribution in [2.24, 2.45) is 0 Å². The van der Waals surface area contributed by atoms with Crippen molar-refractivity contribution in [1.29, 1.82) is 0 Å². The molecule has 0 aromatic carbocycles. The van der Waals surface area contributed by atoms with Gasteiger partial charge in [0.1, 0.15) is 0 Å². The monoisotopic (exact) mass is 315 g/mol. The van der Waals surface area contributed by atoms with E-state index in [9.17, 15) is 28.7 Å². The SMILES string of the molecule is O=P([O-])([O-])OP(=O)([O-])[O-].[Pr+4]. The van der Waals surface area contributed by atoms with Crippen molar-refractivity contribution in [2.75, 3.05) is 0 Å². The number of phosphoric acid groups is 2. The van der Waals surface area contributed by atoms with E-state index in [0.29, 0.717) is 0 Å². The predicted molar refractivity (Wildman–Crippen MR) is 16.3 cm³/mol. The van der Waals surface area contributed by atoms with Gasteiger partial charge in [0.05, 0.1) is 15.6 Å². The topological polar surface area (TPSA) is 136 Å². The molecule has 0 N–H and O–H groups in total. The second-order valence-corrected chi connectivity index (χ2v) is 3.42. The van der Waals surface area contributed by atoms with E-state index in [4.69, 9.17) is 0 Å². The van der Waals surface area contributed by atoms with E-state index in [1.165, 1.54) is 0 Å². The Morgan fingerprint density at radius 2 is 1.10 bits per heavy atom. The van der Waals surface area contributed by atoms with E-state index in [-0.39, 0.29) is 41.3 Å². The number of hydrogen-bond donors (Lipinski definition) is 0. The molecule has 0 heterocycles. The Morgan fingerprint density at radius 3 is 1.10 bits per heavy atom. The fourth-order valence-electron chi connectivity index (χ4n) is 0.122. The maximum Gasteiger partial charge on any atom is 4.00 e. The van der Waals surface area contributed by atoms with E-state index in [2.05, 4.69) is 4.31 Å². The maximum atomic E-state index is 9.32. The van der Waals surface area contributed by atoms with Crippen molar-refractivity contribution < 1.29 is 74.3 Å². The Bertz CT molecular complexity index is 152. The zero-order valence-electron chi connectivity index (χ0n) is 4.33. The fraction of sp³-hybridized carbons (Fsp3) is 0. The summed E-state index contributed by atoms with van der Waals surface area (Å²) in [5.74, 6) is 0. The summed E-state index contributed by atoms with van der Waals surface area (Å²) in [5, 5.41) is 0. The molecule has 0 radical (unpaired) electrons. The molecule has 0 aliphatic heterocycles. The van der Waals surface area contributed by atoms with Crippen LogP contribution in [-0.2, 0) is 13.4 Å². The predicted octanol–water partition coefficient (Wildman–Crippen LogP) is -3.34. The smallest absolute Gasteiger partial charge is 0.790 e. The summed E-state index contributed by atoms with van der Waals surface area (Å²) in [6.45, 7) is 0. The van der Waals surface area contributed by atoms with Gasteiger partial charge in [-0.15, -0.1) is 0 Å². The van der Waals surface area contributed by atoms with Gasteiger partial charge in [-0.25, -0.2) is 0 Å². The molecule has 55 valence electrons. The largest absolute Gasteiger partial charge is 4.00 e. The first-order valence-electron chi connectivity index (χ1n) is 1.46. The van der Waals surface area contributed by atoms with Gasteiger partial charge in [0.2, 0.25) is 0 Å². The van der Waals surface area contributed by atoms with Crippen LogP contribution in [0, 0.1) is 41.3 Å². The van der Waals surface area contributed by atoms with Crippen LogP contribution < -0.4 is 19.6 Å². The van der Waals surface area contributed by atoms with E-state index in [1.807, 2.05) is 0 Å². The van der Waals surface area contributed by atoms with Gasteiger partial charge in [-0.1, -0.05) is 0 Å². The summed E-state index contributed by atoms with van der Waals surface area (Å²) in [5.41, 5.74) is 0. The van der Waals surface area contributed by atoms with Crippen LogP contribution in [-0.4, -0.2) is 0 Å². The van der Waals surface area contributed by atoms with Crippen molar-refractivity contribution in [1.82, 2.24) is 0 Å². The average molecular weight is 315 g/mol. The van der Waals surface area contributed by atoms with Crippen LogP contribution in [0.5, 0.6) is 0 Å². The van der Waals surface area contributed by atoms with Crippen molar-refractivity contribution in [3.05, 3.63) is 0 Å². The number of hydrogen-bond acceptors (Lipinski definition) is 7. The quantitative estimate of drug-likeness (QED) is 0.486. The second-order valence-electron chi connectivity index (χ2n) is 0.976. The molecule has 0 aromatic rings. The van der Waals surface area contributed by atoms with E-state index < -0.39 is 15.6 Å². The molecule has 0 saturated carbocycles. The minimum absolute atomic E-state index is 0. The first-order chi connectivity index (χ1) is 3.71. The molecule has 0 aliphatic rings. The first-order valence-corrected chi connectivity index (χ1v) is 4.38. The Labute approximate surface area is 89.2 Å². The van der Waals surface area contributed by atoms with Gasteiger partial charge < -0.3 is 33.0 Å². The molecule has 10 heteroatoms. The summed E-state index contributed by atoms with van der Waals surface area (Å²) < 4.78 is 21.2. The molecular formula is O7P2Pr. The van der Waals surface area contributed by atoms with Gasteiger partial charge in [0.15, 0.2) is 0 Å². The van der Waals surface area contributed by atoms with Crippen LogP contribution >= 0.6 is 15.6 Å². The average Bonchev–Trinajstić information content (AvgIpc) is 1.14. The molecule has 0 spiro atoms. The van der Waals surface area contributed by atoms with Crippen molar-refractivity contribution >= 4 is 15.6 Å². The maximum absolute atomic E-state index is 9.32. The van der Waals surface area contributed by atoms with E-state index in [0.717, 1.165) is 0 Å². The summed E-state index contributed by atoms with van der Waals surface area (Å²) in [6, 6.07) is 0. The number of rotatable bonds is 2. The molecular weight excluding hydrogens is 315 g/mol. The van der Waals surface area contributed by atoms with Crippen LogP contribution in [0.2, 0.25) is 0 Å². The minimum atomic E-state index is -5.68. The van der Waals surface area contributed by atoms with Gasteiger partial charge in [0.25, 0.3) is 0 Å². The molecule has 0 aliphatic carbocycles. The van der Waals surface area contributed by atoms with Gasteiger partial charge >= 0.3 is 41.3 Å². The Kier molecular flexibility index (Phi) is 6.52. The first kappa shape index (κ1) is 14.2.